The van der Waals surface area contributed by atoms with Crippen molar-refractivity contribution in [1.82, 2.24) is 9.97 Å². The molecule has 0 amide bonds. The van der Waals surface area contributed by atoms with E-state index in [2.05, 4.69) is 89.3 Å². The molecule has 0 saturated heterocycles. The van der Waals surface area contributed by atoms with E-state index >= 15 is 0 Å². The van der Waals surface area contributed by atoms with E-state index < -0.39 is 8.07 Å². The molecule has 0 unspecified atom stereocenters. The topological polar surface area (TPSA) is 25.8 Å². The van der Waals surface area contributed by atoms with Gasteiger partial charge < -0.3 is 0 Å². The van der Waals surface area contributed by atoms with Crippen LogP contribution in [0, 0.1) is 5.92 Å². The van der Waals surface area contributed by atoms with Gasteiger partial charge in [-0.2, -0.15) is 0 Å². The lowest BCUT2D eigenvalue weighted by molar-refractivity contribution is 0.650. The smallest absolute Gasteiger partial charge is 0.116 e. The Labute approximate surface area is 200 Å². The van der Waals surface area contributed by atoms with Crippen molar-refractivity contribution in [3.05, 3.63) is 66.0 Å². The quantitative estimate of drug-likeness (QED) is 0.256. The molecule has 4 heteroatoms. The maximum atomic E-state index is 4.86. The van der Waals surface area contributed by atoms with E-state index in [0.29, 0.717) is 5.92 Å². The number of rotatable bonds is 3. The van der Waals surface area contributed by atoms with E-state index in [1.54, 1.807) is 11.5 Å². The molecule has 33 heavy (non-hydrogen) atoms. The summed E-state index contributed by atoms with van der Waals surface area (Å²) in [5.74, 6) is 0.626. The number of hydrogen-bond acceptors (Lipinski definition) is 3. The van der Waals surface area contributed by atoms with Gasteiger partial charge in [0.25, 0.3) is 0 Å². The average Bonchev–Trinajstić information content (AvgIpc) is 3.23. The summed E-state index contributed by atoms with van der Waals surface area (Å²) in [7, 11) is -1.70. The highest BCUT2D eigenvalue weighted by Crippen LogP contribution is 2.46. The van der Waals surface area contributed by atoms with Crippen LogP contribution < -0.4 is 5.19 Å². The molecule has 1 aliphatic heterocycles. The molecule has 2 nitrogen and oxygen atoms in total. The van der Waals surface area contributed by atoms with Gasteiger partial charge in [-0.25, -0.2) is 9.97 Å². The van der Waals surface area contributed by atoms with E-state index in [0.717, 1.165) is 17.6 Å². The first kappa shape index (κ1) is 21.0. The van der Waals surface area contributed by atoms with Crippen molar-refractivity contribution in [2.24, 2.45) is 5.92 Å². The van der Waals surface area contributed by atoms with Crippen LogP contribution in [-0.4, -0.2) is 18.0 Å². The molecule has 0 atom stereocenters. The summed E-state index contributed by atoms with van der Waals surface area (Å²) < 4.78 is 2.58. The van der Waals surface area contributed by atoms with E-state index in [1.165, 1.54) is 42.2 Å². The molecular weight excluding hydrogens is 436 g/mol. The van der Waals surface area contributed by atoms with Crippen LogP contribution in [0.15, 0.2) is 54.9 Å². The van der Waals surface area contributed by atoms with Crippen LogP contribution in [0.1, 0.15) is 38.8 Å². The lowest BCUT2D eigenvalue weighted by Crippen LogP contribution is -2.52. The van der Waals surface area contributed by atoms with Gasteiger partial charge in [0.05, 0.1) is 24.0 Å². The number of fused-ring (bicyclic) bond motifs is 3. The van der Waals surface area contributed by atoms with Crippen LogP contribution in [0.3, 0.4) is 0 Å². The average molecular weight is 467 g/mol. The van der Waals surface area contributed by atoms with Gasteiger partial charge in [0.2, 0.25) is 0 Å². The van der Waals surface area contributed by atoms with E-state index in [9.17, 15) is 0 Å². The zero-order chi connectivity index (χ0) is 23.1. The Morgan fingerprint density at radius 2 is 1.76 bits per heavy atom. The van der Waals surface area contributed by atoms with Crippen molar-refractivity contribution in [1.29, 1.82) is 0 Å². The third kappa shape index (κ3) is 2.83. The van der Waals surface area contributed by atoms with Crippen molar-refractivity contribution in [2.45, 2.75) is 52.2 Å². The summed E-state index contributed by atoms with van der Waals surface area (Å²) in [6, 6.07) is 18.4. The van der Waals surface area contributed by atoms with Gasteiger partial charge in [-0.3, -0.25) is 0 Å². The Morgan fingerprint density at radius 3 is 2.55 bits per heavy atom. The van der Waals surface area contributed by atoms with Crippen LogP contribution in [-0.2, 0) is 11.5 Å². The third-order valence-electron chi connectivity index (χ3n) is 8.15. The fraction of sp³-hybridized carbons (Fsp3) is 0.310. The second-order valence-corrected chi connectivity index (χ2v) is 17.1. The summed E-state index contributed by atoms with van der Waals surface area (Å²) in [4.78, 5) is 9.61. The second kappa shape index (κ2) is 6.97. The van der Waals surface area contributed by atoms with Crippen LogP contribution in [0.5, 0.6) is 0 Å². The lowest BCUT2D eigenvalue weighted by Gasteiger charge is -2.35. The van der Waals surface area contributed by atoms with Gasteiger partial charge in [0.1, 0.15) is 6.33 Å². The van der Waals surface area contributed by atoms with Gasteiger partial charge in [-0.1, -0.05) is 88.4 Å². The van der Waals surface area contributed by atoms with Gasteiger partial charge in [-0.15, -0.1) is 11.3 Å². The highest BCUT2D eigenvalue weighted by atomic mass is 32.1. The molecule has 1 aliphatic rings. The molecule has 0 fully saturated rings. The summed E-state index contributed by atoms with van der Waals surface area (Å²) in [6.07, 6.45) is 2.84. The van der Waals surface area contributed by atoms with E-state index in [-0.39, 0.29) is 5.04 Å². The maximum Gasteiger partial charge on any atom is 0.116 e. The Balaban J connectivity index is 1.64. The van der Waals surface area contributed by atoms with Gasteiger partial charge in [-0.05, 0) is 45.3 Å². The lowest BCUT2D eigenvalue weighted by atomic mass is 9.94. The maximum absolute atomic E-state index is 4.86. The fourth-order valence-electron chi connectivity index (χ4n) is 5.71. The van der Waals surface area contributed by atoms with Crippen molar-refractivity contribution in [3.63, 3.8) is 0 Å². The van der Waals surface area contributed by atoms with Crippen molar-refractivity contribution < 1.29 is 0 Å². The molecule has 2 aromatic heterocycles. The number of benzene rings is 3. The highest BCUT2D eigenvalue weighted by molar-refractivity contribution is 7.26. The van der Waals surface area contributed by atoms with Crippen molar-refractivity contribution >= 4 is 55.7 Å². The minimum Gasteiger partial charge on any atom is -0.235 e. The van der Waals surface area contributed by atoms with Crippen LogP contribution in [0.25, 0.3) is 42.3 Å². The van der Waals surface area contributed by atoms with Crippen LogP contribution >= 0.6 is 11.3 Å². The van der Waals surface area contributed by atoms with Gasteiger partial charge in [0.15, 0.2) is 0 Å². The number of hydrogen-bond donors (Lipinski definition) is 0. The SMILES string of the molecule is CC(C)Cc1cccc2c1sc1c(-c3cc4c5c(cccc5c3)C(C)(C)[Si]4(C)C)ncnc12. The number of nitrogens with zero attached hydrogens (tertiary/aromatic N) is 2. The molecule has 5 aromatic rings. The number of thiophene rings is 1. The standard InChI is InChI=1S/C29H30N2SSi/c1-17(2)13-19-10-7-11-21-26-28(32-27(19)21)25(30-16-31-26)20-14-18-9-8-12-22-24(18)23(15-20)33(5,6)29(22,3)4/h7-12,14-17H,13H2,1-6H3. The first-order valence-electron chi connectivity index (χ1n) is 11.9. The molecule has 166 valence electrons. The van der Waals surface area contributed by atoms with E-state index in [1.807, 2.05) is 11.3 Å². The zero-order valence-corrected chi connectivity index (χ0v) is 22.1. The van der Waals surface area contributed by atoms with Crippen LogP contribution in [0.2, 0.25) is 13.1 Å². The highest BCUT2D eigenvalue weighted by Gasteiger charge is 2.48. The summed E-state index contributed by atoms with van der Waals surface area (Å²) in [6.45, 7) is 14.5. The molecular formula is C29H30N2SSi. The van der Waals surface area contributed by atoms with Gasteiger partial charge >= 0.3 is 0 Å². The molecule has 0 saturated carbocycles. The molecule has 0 radical (unpaired) electrons. The fourth-order valence-corrected chi connectivity index (χ4v) is 9.98. The third-order valence-corrected chi connectivity index (χ3v) is 14.6. The molecule has 0 aliphatic carbocycles. The Kier molecular flexibility index (Phi) is 4.44. The predicted molar refractivity (Wildman–Crippen MR) is 147 cm³/mol. The summed E-state index contributed by atoms with van der Waals surface area (Å²) in [5.41, 5.74) is 6.35. The zero-order valence-electron chi connectivity index (χ0n) is 20.3. The first-order chi connectivity index (χ1) is 15.7. The Hall–Kier alpha value is -2.56. The van der Waals surface area contributed by atoms with Crippen LogP contribution in [0.4, 0.5) is 0 Å². The Bertz CT molecular complexity index is 1580. The molecule has 3 aromatic carbocycles. The summed E-state index contributed by atoms with van der Waals surface area (Å²) in [5, 5.41) is 5.89. The molecule has 0 spiro atoms. The second-order valence-electron chi connectivity index (χ2n) is 11.1. The molecule has 3 heterocycles. The largest absolute Gasteiger partial charge is 0.235 e. The van der Waals surface area contributed by atoms with Crippen molar-refractivity contribution in [2.75, 3.05) is 0 Å². The molecule has 0 N–H and O–H groups in total. The minimum absolute atomic E-state index is 0.220. The minimum atomic E-state index is -1.70. The normalized spacial score (nSPS) is 16.5. The van der Waals surface area contributed by atoms with Crippen molar-refractivity contribution in [3.8, 4) is 11.3 Å². The monoisotopic (exact) mass is 466 g/mol. The predicted octanol–water partition coefficient (Wildman–Crippen LogP) is 7.61. The Morgan fingerprint density at radius 1 is 0.970 bits per heavy atom. The first-order valence-corrected chi connectivity index (χ1v) is 15.7. The van der Waals surface area contributed by atoms with Gasteiger partial charge in [0, 0.05) is 15.6 Å². The number of aromatic nitrogens is 2. The summed E-state index contributed by atoms with van der Waals surface area (Å²) >= 11 is 1.87. The molecule has 6 rings (SSSR count). The molecule has 0 bridgehead atoms. The van der Waals surface area contributed by atoms with E-state index in [4.69, 9.17) is 9.97 Å².